The summed E-state index contributed by atoms with van der Waals surface area (Å²) >= 11 is 2.70. The van der Waals surface area contributed by atoms with Crippen LogP contribution in [-0.4, -0.2) is 196 Å². The molecule has 11 amide bonds. The molecule has 0 radical (unpaired) electrons. The molecular weight excluding hydrogens is 1010 g/mol. The first-order valence-electron chi connectivity index (χ1n) is 24.8. The van der Waals surface area contributed by atoms with Crippen LogP contribution in [0.3, 0.4) is 0 Å². The van der Waals surface area contributed by atoms with Crippen LogP contribution in [0.5, 0.6) is 0 Å². The molecule has 2 aliphatic heterocycles. The molecule has 0 unspecified atom stereocenters. The van der Waals surface area contributed by atoms with Gasteiger partial charge in [0.15, 0.2) is 0 Å². The number of aldehydes is 1. The predicted octanol–water partition coefficient (Wildman–Crippen LogP) is -3.57. The van der Waals surface area contributed by atoms with Gasteiger partial charge >= 0.3 is 0 Å². The van der Waals surface area contributed by atoms with Gasteiger partial charge in [-0.25, -0.2) is 0 Å². The zero-order valence-electron chi connectivity index (χ0n) is 43.9. The third-order valence-corrected chi connectivity index (χ3v) is 14.1. The summed E-state index contributed by atoms with van der Waals surface area (Å²) in [5.41, 5.74) is 9.24. The number of benzene rings is 1. The second-order valence-electron chi connectivity index (χ2n) is 18.5. The summed E-state index contributed by atoms with van der Waals surface area (Å²) in [6.45, 7) is 7.02. The Morgan fingerprint density at radius 1 is 0.867 bits per heavy atom. The molecule has 11 N–H and O–H groups in total. The molecule has 416 valence electrons. The van der Waals surface area contributed by atoms with E-state index in [1.165, 1.54) is 38.2 Å². The largest absolute Gasteiger partial charge is 0.368 e. The van der Waals surface area contributed by atoms with Crippen LogP contribution in [0, 0.1) is 19.8 Å². The van der Waals surface area contributed by atoms with Crippen LogP contribution in [0.1, 0.15) is 68.7 Å². The lowest BCUT2D eigenvalue weighted by Gasteiger charge is -2.30. The van der Waals surface area contributed by atoms with E-state index in [-0.39, 0.29) is 62.6 Å². The molecule has 1 saturated heterocycles. The number of thioether (sulfide) groups is 2. The van der Waals surface area contributed by atoms with Gasteiger partial charge in [0.2, 0.25) is 65.0 Å². The van der Waals surface area contributed by atoms with E-state index in [9.17, 15) is 57.5 Å². The molecule has 1 fully saturated rings. The molecule has 0 aromatic heterocycles. The molecule has 27 heteroatoms. The van der Waals surface area contributed by atoms with E-state index in [2.05, 4.69) is 47.9 Å². The number of fused-ring (bicyclic) bond motifs is 1. The molecule has 75 heavy (non-hydrogen) atoms. The van der Waals surface area contributed by atoms with Gasteiger partial charge in [0.1, 0.15) is 31.0 Å². The summed E-state index contributed by atoms with van der Waals surface area (Å²) in [7, 11) is 3.23. The number of nitrogens with zero attached hydrogens (tertiary/aromatic N) is 3. The van der Waals surface area contributed by atoms with Crippen LogP contribution in [0.25, 0.3) is 0 Å². The molecule has 4 atom stereocenters. The van der Waals surface area contributed by atoms with Gasteiger partial charge in [-0.15, -0.1) is 0 Å². The number of anilines is 1. The Bertz CT molecular complexity index is 2250. The summed E-state index contributed by atoms with van der Waals surface area (Å²) in [4.78, 5) is 158. The lowest BCUT2D eigenvalue weighted by molar-refractivity contribution is -0.139. The molecule has 2 heterocycles. The number of likely N-dealkylation sites (tertiary alicyclic amines) is 1. The minimum absolute atomic E-state index is 0.0341. The predicted molar refractivity (Wildman–Crippen MR) is 283 cm³/mol. The first kappa shape index (κ1) is 63.0. The van der Waals surface area contributed by atoms with Crippen LogP contribution in [0.2, 0.25) is 0 Å². The van der Waals surface area contributed by atoms with Crippen molar-refractivity contribution in [1.82, 2.24) is 57.7 Å². The lowest BCUT2D eigenvalue weighted by atomic mass is 9.96. The van der Waals surface area contributed by atoms with Crippen molar-refractivity contribution in [3.8, 4) is 0 Å². The summed E-state index contributed by atoms with van der Waals surface area (Å²) in [6, 6.07) is -2.02. The Morgan fingerprint density at radius 2 is 1.48 bits per heavy atom. The summed E-state index contributed by atoms with van der Waals surface area (Å²) in [5, 5.41) is 23.2. The van der Waals surface area contributed by atoms with E-state index in [4.69, 9.17) is 5.73 Å². The highest BCUT2D eigenvalue weighted by Crippen LogP contribution is 2.35. The number of aryl methyl sites for hydroxylation is 1. The smallest absolute Gasteiger partial charge is 0.245 e. The molecule has 1 aromatic rings. The minimum atomic E-state index is -1.27. The average Bonchev–Trinajstić information content (AvgIpc) is 3.86. The molecule has 25 nitrogen and oxygen atoms in total. The van der Waals surface area contributed by atoms with Gasteiger partial charge in [0.05, 0.1) is 51.9 Å². The highest BCUT2D eigenvalue weighted by atomic mass is 32.2. The third-order valence-electron chi connectivity index (χ3n) is 11.9. The monoisotopic (exact) mass is 1090 g/mol. The number of carbonyl (C=O) groups excluding carboxylic acids is 12. The highest BCUT2D eigenvalue weighted by Gasteiger charge is 2.35. The lowest BCUT2D eigenvalue weighted by Crippen LogP contribution is -2.57. The van der Waals surface area contributed by atoms with E-state index < -0.39 is 104 Å². The molecular formula is C48H75N13O12S2. The SMILES string of the molecule is CCCN(CC(N)=O)C(=O)[C@H](CC(C)C)NC(=O)[C@H](CSCc1c(C)cc2c(c1C)CSC[C@@H](C=O)NC(=O)CN2C(=O)CNC)NC(=O)CNC(=O)CNC(=O)CNC(=O)CNC(=O)[C@@H]1CCCN1C(=O)CNC. The van der Waals surface area contributed by atoms with Gasteiger partial charge in [-0.05, 0) is 87.9 Å². The number of primary amides is 1. The van der Waals surface area contributed by atoms with Crippen LogP contribution >= 0.6 is 23.5 Å². The fraction of sp³-hybridized carbons (Fsp3) is 0.625. The molecule has 1 aromatic carbocycles. The molecule has 2 aliphatic rings. The summed E-state index contributed by atoms with van der Waals surface area (Å²) in [5.74, 6) is -5.70. The maximum Gasteiger partial charge on any atom is 0.245 e. The number of rotatable bonds is 28. The van der Waals surface area contributed by atoms with E-state index in [0.29, 0.717) is 55.0 Å². The number of carbonyl (C=O) groups is 12. The van der Waals surface area contributed by atoms with Gasteiger partial charge in [-0.1, -0.05) is 20.8 Å². The van der Waals surface area contributed by atoms with Crippen molar-refractivity contribution >= 4 is 100 Å². The Morgan fingerprint density at radius 3 is 2.07 bits per heavy atom. The molecule has 0 aliphatic carbocycles. The zero-order chi connectivity index (χ0) is 55.8. The van der Waals surface area contributed by atoms with Gasteiger partial charge in [-0.2, -0.15) is 23.5 Å². The number of nitrogens with one attached hydrogen (secondary N) is 9. The van der Waals surface area contributed by atoms with Crippen molar-refractivity contribution in [1.29, 1.82) is 0 Å². The van der Waals surface area contributed by atoms with Gasteiger partial charge in [-0.3, -0.25) is 52.7 Å². The summed E-state index contributed by atoms with van der Waals surface area (Å²) < 4.78 is 0. The zero-order valence-corrected chi connectivity index (χ0v) is 45.5. The quantitative estimate of drug-likeness (QED) is 0.0363. The third kappa shape index (κ3) is 20.7. The number of likely N-dealkylation sites (N-methyl/N-ethyl adjacent to an activating group) is 2. The van der Waals surface area contributed by atoms with Gasteiger partial charge in [0, 0.05) is 41.8 Å². The molecule has 0 spiro atoms. The maximum atomic E-state index is 14.2. The first-order chi connectivity index (χ1) is 35.6. The number of hydrogen-bond acceptors (Lipinski definition) is 16. The Balaban J connectivity index is 1.74. The van der Waals surface area contributed by atoms with Crippen molar-refractivity contribution in [2.75, 3.05) is 95.9 Å². The molecule has 0 saturated carbocycles. The standard InChI is InChI=1S/C48H75N13O12S2/c1-8-11-59(21-38(49)63)48(73)34(13-28(2)3)58-46(71)35(27-75-25-32-29(4)14-37-33(30(32)5)26-74-24-31(23-62)56-43(68)22-61(37)45(70)20-51-7)57-42(67)18-54-40(65)16-52-39(64)15-53-41(66)17-55-47(72)36-10-9-12-60(36)44(69)19-50-6/h14,23,28,31,34-36,50-51H,8-13,15-22,24-27H2,1-7H3,(H2,49,63)(H,52,64)(H,53,66)(H,54,65)(H,55,72)(H,56,68)(H,57,67)(H,58,71)/t31-,34+,35+,36+/m1/s1. The normalized spacial score (nSPS) is 16.3. The number of nitrogens with two attached hydrogens (primary N) is 1. The van der Waals surface area contributed by atoms with E-state index in [1.54, 1.807) is 14.1 Å². The van der Waals surface area contributed by atoms with E-state index >= 15 is 0 Å². The number of hydrogen-bond donors (Lipinski definition) is 10. The van der Waals surface area contributed by atoms with Crippen LogP contribution < -0.4 is 58.5 Å². The van der Waals surface area contributed by atoms with E-state index in [0.717, 1.165) is 22.3 Å². The van der Waals surface area contributed by atoms with Crippen molar-refractivity contribution in [2.45, 2.75) is 96.0 Å². The topological polar surface area (TPSA) is 349 Å². The highest BCUT2D eigenvalue weighted by molar-refractivity contribution is 7.98. The number of amides is 11. The van der Waals surface area contributed by atoms with Crippen molar-refractivity contribution in [3.63, 3.8) is 0 Å². The second kappa shape index (κ2) is 32.2. The molecule has 3 rings (SSSR count). The Kier molecular flexibility index (Phi) is 27.0. The summed E-state index contributed by atoms with van der Waals surface area (Å²) in [6.07, 6.45) is 2.43. The van der Waals surface area contributed by atoms with Gasteiger partial charge in [0.25, 0.3) is 0 Å². The van der Waals surface area contributed by atoms with Crippen LogP contribution in [-0.2, 0) is 69.0 Å². The Hall–Kier alpha value is -6.32. The van der Waals surface area contributed by atoms with Crippen LogP contribution in [0.15, 0.2) is 6.07 Å². The van der Waals surface area contributed by atoms with Gasteiger partial charge < -0.3 is 73.1 Å². The van der Waals surface area contributed by atoms with Crippen LogP contribution in [0.4, 0.5) is 5.69 Å². The minimum Gasteiger partial charge on any atom is -0.368 e. The molecule has 0 bridgehead atoms. The van der Waals surface area contributed by atoms with Crippen molar-refractivity contribution in [3.05, 3.63) is 28.3 Å². The first-order valence-corrected chi connectivity index (χ1v) is 27.1. The second-order valence-corrected chi connectivity index (χ2v) is 20.6. The van der Waals surface area contributed by atoms with Crippen molar-refractivity contribution < 1.29 is 57.5 Å². The Labute approximate surface area is 445 Å². The average molecular weight is 1090 g/mol. The fourth-order valence-electron chi connectivity index (χ4n) is 8.27. The maximum absolute atomic E-state index is 14.2. The van der Waals surface area contributed by atoms with Crippen molar-refractivity contribution in [2.24, 2.45) is 11.7 Å². The van der Waals surface area contributed by atoms with E-state index in [1.807, 2.05) is 40.7 Å². The fourth-order valence-corrected chi connectivity index (χ4v) is 10.6.